The van der Waals surface area contributed by atoms with Crippen LogP contribution in [0.3, 0.4) is 0 Å². The van der Waals surface area contributed by atoms with Gasteiger partial charge in [0.05, 0.1) is 13.2 Å². The molecule has 4 heteroatoms. The fourth-order valence-corrected chi connectivity index (χ4v) is 5.08. The number of hydrogen-bond acceptors (Lipinski definition) is 4. The first-order valence-corrected chi connectivity index (χ1v) is 13.8. The molecular formula is C34H38N2O2. The van der Waals surface area contributed by atoms with Gasteiger partial charge in [-0.15, -0.1) is 0 Å². The van der Waals surface area contributed by atoms with Crippen molar-refractivity contribution in [1.82, 2.24) is 9.80 Å². The highest BCUT2D eigenvalue weighted by atomic mass is 16.5. The van der Waals surface area contributed by atoms with Gasteiger partial charge >= 0.3 is 0 Å². The predicted octanol–water partition coefficient (Wildman–Crippen LogP) is 6.94. The summed E-state index contributed by atoms with van der Waals surface area (Å²) in [5, 5.41) is 0. The zero-order chi connectivity index (χ0) is 25.8. The molecule has 0 aromatic heterocycles. The molecule has 0 saturated carbocycles. The molecule has 0 saturated heterocycles. The Labute approximate surface area is 227 Å². The second kappa shape index (κ2) is 13.8. The summed E-state index contributed by atoms with van der Waals surface area (Å²) in [6.07, 6.45) is 1.91. The second-order valence-electron chi connectivity index (χ2n) is 10.0. The zero-order valence-corrected chi connectivity index (χ0v) is 22.2. The minimum Gasteiger partial charge on any atom is -0.493 e. The molecule has 0 amide bonds. The average molecular weight is 507 g/mol. The number of nitrogens with zero attached hydrogens (tertiary/aromatic N) is 2. The van der Waals surface area contributed by atoms with Crippen LogP contribution in [0.15, 0.2) is 109 Å². The first-order valence-electron chi connectivity index (χ1n) is 13.8. The van der Waals surface area contributed by atoms with Gasteiger partial charge in [0.15, 0.2) is 0 Å². The Morgan fingerprint density at radius 1 is 0.474 bits per heavy atom. The molecule has 0 N–H and O–H groups in total. The molecule has 0 radical (unpaired) electrons. The van der Waals surface area contributed by atoms with Gasteiger partial charge in [-0.2, -0.15) is 0 Å². The third kappa shape index (κ3) is 7.70. The molecule has 4 nitrogen and oxygen atoms in total. The molecule has 5 rings (SSSR count). The lowest BCUT2D eigenvalue weighted by Crippen LogP contribution is -2.30. The molecule has 4 aromatic carbocycles. The van der Waals surface area contributed by atoms with E-state index < -0.39 is 0 Å². The third-order valence-electron chi connectivity index (χ3n) is 6.98. The SMILES string of the molecule is c1ccc(CN2CCCN(Cc3ccccc3)Cc3ccccc3OCCCOc3ccccc3C2)cc1. The number of fused-ring (bicyclic) bond motifs is 2. The average Bonchev–Trinajstić information content (AvgIpc) is 2.95. The maximum absolute atomic E-state index is 6.24. The molecule has 0 unspecified atom stereocenters. The molecule has 38 heavy (non-hydrogen) atoms. The highest BCUT2D eigenvalue weighted by Gasteiger charge is 2.15. The molecule has 0 fully saturated rings. The number of rotatable bonds is 4. The molecule has 196 valence electrons. The van der Waals surface area contributed by atoms with Gasteiger partial charge in [-0.25, -0.2) is 0 Å². The van der Waals surface area contributed by atoms with Crippen LogP contribution in [0.2, 0.25) is 0 Å². The van der Waals surface area contributed by atoms with Crippen LogP contribution in [0.25, 0.3) is 0 Å². The third-order valence-corrected chi connectivity index (χ3v) is 6.98. The lowest BCUT2D eigenvalue weighted by molar-refractivity contribution is 0.197. The second-order valence-corrected chi connectivity index (χ2v) is 10.0. The van der Waals surface area contributed by atoms with Crippen molar-refractivity contribution in [3.63, 3.8) is 0 Å². The van der Waals surface area contributed by atoms with Gasteiger partial charge in [0, 0.05) is 56.8 Å². The summed E-state index contributed by atoms with van der Waals surface area (Å²) in [6.45, 7) is 6.86. The first-order chi connectivity index (χ1) is 18.8. The van der Waals surface area contributed by atoms with E-state index in [0.717, 1.165) is 63.6 Å². The summed E-state index contributed by atoms with van der Waals surface area (Å²) in [6, 6.07) is 38.5. The maximum atomic E-state index is 6.24. The summed E-state index contributed by atoms with van der Waals surface area (Å²) < 4.78 is 12.5. The van der Waals surface area contributed by atoms with E-state index in [0.29, 0.717) is 13.2 Å². The van der Waals surface area contributed by atoms with Gasteiger partial charge in [0.25, 0.3) is 0 Å². The summed E-state index contributed by atoms with van der Waals surface area (Å²) >= 11 is 0. The van der Waals surface area contributed by atoms with Crippen LogP contribution >= 0.6 is 0 Å². The van der Waals surface area contributed by atoms with Crippen molar-refractivity contribution in [2.24, 2.45) is 0 Å². The Bertz CT molecular complexity index is 1150. The van der Waals surface area contributed by atoms with Crippen LogP contribution in [0.5, 0.6) is 11.5 Å². The van der Waals surface area contributed by atoms with Gasteiger partial charge in [-0.1, -0.05) is 97.1 Å². The van der Waals surface area contributed by atoms with Crippen LogP contribution in [-0.4, -0.2) is 36.1 Å². The highest BCUT2D eigenvalue weighted by Crippen LogP contribution is 2.24. The lowest BCUT2D eigenvalue weighted by Gasteiger charge is -2.27. The predicted molar refractivity (Wildman–Crippen MR) is 154 cm³/mol. The molecule has 4 aromatic rings. The minimum absolute atomic E-state index is 0.637. The topological polar surface area (TPSA) is 24.9 Å². The van der Waals surface area contributed by atoms with E-state index in [1.165, 1.54) is 22.3 Å². The van der Waals surface area contributed by atoms with E-state index in [-0.39, 0.29) is 0 Å². The van der Waals surface area contributed by atoms with E-state index >= 15 is 0 Å². The van der Waals surface area contributed by atoms with Crippen LogP contribution in [-0.2, 0) is 26.2 Å². The normalized spacial score (nSPS) is 16.0. The fraction of sp³-hybridized carbons (Fsp3) is 0.294. The lowest BCUT2D eigenvalue weighted by atomic mass is 10.1. The number of benzene rings is 4. The molecule has 0 spiro atoms. The van der Waals surface area contributed by atoms with Crippen molar-refractivity contribution >= 4 is 0 Å². The van der Waals surface area contributed by atoms with Gasteiger partial charge in [-0.3, -0.25) is 9.80 Å². The smallest absolute Gasteiger partial charge is 0.123 e. The molecule has 1 aliphatic heterocycles. The Hall–Kier alpha value is -3.60. The summed E-state index contributed by atoms with van der Waals surface area (Å²) in [5.41, 5.74) is 5.16. The molecular weight excluding hydrogens is 468 g/mol. The zero-order valence-electron chi connectivity index (χ0n) is 22.2. The Morgan fingerprint density at radius 2 is 0.895 bits per heavy atom. The monoisotopic (exact) mass is 506 g/mol. The summed E-state index contributed by atoms with van der Waals surface area (Å²) in [5.74, 6) is 1.95. The van der Waals surface area contributed by atoms with Crippen molar-refractivity contribution in [3.8, 4) is 11.5 Å². The van der Waals surface area contributed by atoms with Crippen molar-refractivity contribution in [2.75, 3.05) is 26.3 Å². The van der Waals surface area contributed by atoms with Gasteiger partial charge in [-0.05, 0) is 29.7 Å². The molecule has 1 heterocycles. The number of ether oxygens (including phenoxy) is 2. The van der Waals surface area contributed by atoms with Crippen molar-refractivity contribution < 1.29 is 9.47 Å². The standard InChI is InChI=1S/C34H38N2O2/c1-3-13-29(14-4-1)25-35-21-11-22-36(26-30-15-5-2-6-16-30)28-32-18-8-10-20-34(32)38-24-12-23-37-33-19-9-7-17-31(33)27-35/h1-10,13-20H,11-12,21-28H2. The van der Waals surface area contributed by atoms with Crippen LogP contribution < -0.4 is 9.47 Å². The largest absolute Gasteiger partial charge is 0.493 e. The van der Waals surface area contributed by atoms with Crippen molar-refractivity contribution in [3.05, 3.63) is 131 Å². The van der Waals surface area contributed by atoms with Gasteiger partial charge in [0.2, 0.25) is 0 Å². The first kappa shape index (κ1) is 26.0. The number of hydrogen-bond donors (Lipinski definition) is 0. The van der Waals surface area contributed by atoms with Crippen LogP contribution in [0.4, 0.5) is 0 Å². The Morgan fingerprint density at radius 3 is 1.37 bits per heavy atom. The van der Waals surface area contributed by atoms with Crippen molar-refractivity contribution in [2.45, 2.75) is 39.0 Å². The quantitative estimate of drug-likeness (QED) is 0.299. The van der Waals surface area contributed by atoms with Crippen molar-refractivity contribution in [1.29, 1.82) is 0 Å². The minimum atomic E-state index is 0.637. The highest BCUT2D eigenvalue weighted by molar-refractivity contribution is 5.34. The van der Waals surface area contributed by atoms with E-state index in [4.69, 9.17) is 9.47 Å². The van der Waals surface area contributed by atoms with E-state index in [2.05, 4.69) is 119 Å². The van der Waals surface area contributed by atoms with Gasteiger partial charge in [0.1, 0.15) is 11.5 Å². The maximum Gasteiger partial charge on any atom is 0.123 e. The van der Waals surface area contributed by atoms with E-state index in [1.807, 2.05) is 0 Å². The Balaban J connectivity index is 1.39. The molecule has 0 atom stereocenters. The number of para-hydroxylation sites is 2. The van der Waals surface area contributed by atoms with Crippen LogP contribution in [0.1, 0.15) is 35.1 Å². The van der Waals surface area contributed by atoms with Crippen LogP contribution in [0, 0.1) is 0 Å². The van der Waals surface area contributed by atoms with E-state index in [9.17, 15) is 0 Å². The molecule has 1 aliphatic rings. The molecule has 0 aliphatic carbocycles. The van der Waals surface area contributed by atoms with E-state index in [1.54, 1.807) is 0 Å². The Kier molecular flexibility index (Phi) is 9.45. The summed E-state index contributed by atoms with van der Waals surface area (Å²) in [7, 11) is 0. The fourth-order valence-electron chi connectivity index (χ4n) is 5.08. The summed E-state index contributed by atoms with van der Waals surface area (Å²) in [4.78, 5) is 5.11. The molecule has 0 bridgehead atoms. The van der Waals surface area contributed by atoms with Gasteiger partial charge < -0.3 is 9.47 Å².